The fourth-order valence-electron chi connectivity index (χ4n) is 4.04. The van der Waals surface area contributed by atoms with E-state index in [1.165, 1.54) is 44.9 Å². The van der Waals surface area contributed by atoms with E-state index in [4.69, 9.17) is 5.73 Å². The summed E-state index contributed by atoms with van der Waals surface area (Å²) in [4.78, 5) is 0. The lowest BCUT2D eigenvalue weighted by Crippen LogP contribution is -2.34. The number of fused-ring (bicyclic) bond motifs is 1. The first-order valence-corrected chi connectivity index (χ1v) is 7.12. The van der Waals surface area contributed by atoms with Crippen LogP contribution in [-0.2, 0) is 11.8 Å². The number of rotatable bonds is 3. The van der Waals surface area contributed by atoms with Gasteiger partial charge in [0.1, 0.15) is 0 Å². The van der Waals surface area contributed by atoms with E-state index in [-0.39, 0.29) is 0 Å². The molecule has 0 radical (unpaired) electrons. The predicted octanol–water partition coefficient (Wildman–Crippen LogP) is 3.41. The largest absolute Gasteiger partial charge is 0.330 e. The van der Waals surface area contributed by atoms with Gasteiger partial charge in [0.25, 0.3) is 0 Å². The van der Waals surface area contributed by atoms with Crippen molar-refractivity contribution >= 4 is 0 Å². The van der Waals surface area contributed by atoms with E-state index in [1.54, 1.807) is 11.1 Å². The van der Waals surface area contributed by atoms with Crippen molar-refractivity contribution in [3.63, 3.8) is 0 Å². The Labute approximate surface area is 104 Å². The first-order valence-electron chi connectivity index (χ1n) is 7.12. The minimum atomic E-state index is 0.311. The molecule has 1 aromatic rings. The van der Waals surface area contributed by atoms with Gasteiger partial charge in [0.2, 0.25) is 0 Å². The Bertz CT molecular complexity index is 392. The molecule has 1 nitrogen and oxygen atoms in total. The second-order valence-electron chi connectivity index (χ2n) is 6.00. The van der Waals surface area contributed by atoms with Crippen LogP contribution in [0.1, 0.15) is 49.7 Å². The van der Waals surface area contributed by atoms with E-state index in [1.807, 2.05) is 0 Å². The van der Waals surface area contributed by atoms with Gasteiger partial charge in [0, 0.05) is 12.0 Å². The standard InChI is InChI=1S/C16H23N/c17-12-16(11-13-5-1-2-6-13)10-9-14-7-3-4-8-15(14)16/h3-4,7-8,13H,1-2,5-6,9-12,17H2. The van der Waals surface area contributed by atoms with Crippen LogP contribution in [0.25, 0.3) is 0 Å². The summed E-state index contributed by atoms with van der Waals surface area (Å²) in [5.74, 6) is 0.935. The number of benzene rings is 1. The van der Waals surface area contributed by atoms with Crippen LogP contribution in [0.15, 0.2) is 24.3 Å². The van der Waals surface area contributed by atoms with Crippen LogP contribution in [0.3, 0.4) is 0 Å². The van der Waals surface area contributed by atoms with Gasteiger partial charge >= 0.3 is 0 Å². The normalized spacial score (nSPS) is 28.5. The molecular formula is C16H23N. The fourth-order valence-corrected chi connectivity index (χ4v) is 4.04. The van der Waals surface area contributed by atoms with Crippen LogP contribution >= 0.6 is 0 Å². The third kappa shape index (κ3) is 1.91. The fraction of sp³-hybridized carbons (Fsp3) is 0.625. The van der Waals surface area contributed by atoms with Crippen LogP contribution in [0, 0.1) is 5.92 Å². The Morgan fingerprint density at radius 1 is 1.18 bits per heavy atom. The number of aryl methyl sites for hydroxylation is 1. The van der Waals surface area contributed by atoms with E-state index >= 15 is 0 Å². The molecule has 3 rings (SSSR count). The third-order valence-corrected chi connectivity index (χ3v) is 5.01. The van der Waals surface area contributed by atoms with E-state index in [0.29, 0.717) is 5.41 Å². The molecule has 1 heteroatoms. The summed E-state index contributed by atoms with van der Waals surface area (Å²) in [5.41, 5.74) is 9.59. The molecule has 0 amide bonds. The lowest BCUT2D eigenvalue weighted by atomic mass is 9.74. The molecule has 17 heavy (non-hydrogen) atoms. The summed E-state index contributed by atoms with van der Waals surface area (Å²) in [6.07, 6.45) is 9.59. The average Bonchev–Trinajstić information content (AvgIpc) is 2.99. The first-order chi connectivity index (χ1) is 8.34. The number of hydrogen-bond donors (Lipinski definition) is 1. The molecule has 1 fully saturated rings. The monoisotopic (exact) mass is 229 g/mol. The van der Waals surface area contributed by atoms with Crippen molar-refractivity contribution < 1.29 is 0 Å². The summed E-state index contributed by atoms with van der Waals surface area (Å²) >= 11 is 0. The summed E-state index contributed by atoms with van der Waals surface area (Å²) in [6, 6.07) is 8.97. The van der Waals surface area contributed by atoms with E-state index in [0.717, 1.165) is 12.5 Å². The zero-order valence-corrected chi connectivity index (χ0v) is 10.6. The lowest BCUT2D eigenvalue weighted by Gasteiger charge is -2.32. The van der Waals surface area contributed by atoms with Crippen molar-refractivity contribution in [1.82, 2.24) is 0 Å². The molecule has 0 spiro atoms. The Hall–Kier alpha value is -0.820. The molecule has 0 aliphatic heterocycles. The van der Waals surface area contributed by atoms with Crippen molar-refractivity contribution in [3.05, 3.63) is 35.4 Å². The highest BCUT2D eigenvalue weighted by atomic mass is 14.6. The van der Waals surface area contributed by atoms with Crippen molar-refractivity contribution in [2.24, 2.45) is 11.7 Å². The second-order valence-corrected chi connectivity index (χ2v) is 6.00. The van der Waals surface area contributed by atoms with E-state index in [2.05, 4.69) is 24.3 Å². The summed E-state index contributed by atoms with van der Waals surface area (Å²) < 4.78 is 0. The Morgan fingerprint density at radius 2 is 1.94 bits per heavy atom. The Balaban J connectivity index is 1.87. The molecule has 92 valence electrons. The van der Waals surface area contributed by atoms with Gasteiger partial charge < -0.3 is 5.73 Å². The molecule has 0 heterocycles. The van der Waals surface area contributed by atoms with Crippen molar-refractivity contribution in [2.75, 3.05) is 6.54 Å². The number of nitrogens with two attached hydrogens (primary N) is 1. The minimum Gasteiger partial charge on any atom is -0.330 e. The van der Waals surface area contributed by atoms with Gasteiger partial charge in [-0.25, -0.2) is 0 Å². The molecule has 2 N–H and O–H groups in total. The zero-order valence-electron chi connectivity index (χ0n) is 10.6. The maximum Gasteiger partial charge on any atom is 0.00840 e. The molecule has 1 unspecified atom stereocenters. The zero-order chi connectivity index (χ0) is 11.7. The first kappa shape index (κ1) is 11.3. The molecule has 0 saturated heterocycles. The van der Waals surface area contributed by atoms with Crippen molar-refractivity contribution in [2.45, 2.75) is 50.4 Å². The van der Waals surface area contributed by atoms with Crippen LogP contribution in [-0.4, -0.2) is 6.54 Å². The highest BCUT2D eigenvalue weighted by Crippen LogP contribution is 2.45. The minimum absolute atomic E-state index is 0.311. The smallest absolute Gasteiger partial charge is 0.00840 e. The van der Waals surface area contributed by atoms with Crippen molar-refractivity contribution in [1.29, 1.82) is 0 Å². The Kier molecular flexibility index (Phi) is 2.96. The second kappa shape index (κ2) is 4.45. The summed E-state index contributed by atoms with van der Waals surface area (Å²) in [6.45, 7) is 0.834. The summed E-state index contributed by atoms with van der Waals surface area (Å²) in [7, 11) is 0. The topological polar surface area (TPSA) is 26.0 Å². The molecule has 2 aliphatic rings. The van der Waals surface area contributed by atoms with Gasteiger partial charge in [0.15, 0.2) is 0 Å². The lowest BCUT2D eigenvalue weighted by molar-refractivity contribution is 0.321. The van der Waals surface area contributed by atoms with Crippen LogP contribution < -0.4 is 5.73 Å². The highest BCUT2D eigenvalue weighted by molar-refractivity contribution is 5.39. The SMILES string of the molecule is NCC1(CC2CCCC2)CCc2ccccc21. The quantitative estimate of drug-likeness (QED) is 0.844. The summed E-state index contributed by atoms with van der Waals surface area (Å²) in [5, 5.41) is 0. The van der Waals surface area contributed by atoms with E-state index in [9.17, 15) is 0 Å². The average molecular weight is 229 g/mol. The molecule has 0 aromatic heterocycles. The maximum atomic E-state index is 6.16. The number of hydrogen-bond acceptors (Lipinski definition) is 1. The Morgan fingerprint density at radius 3 is 2.71 bits per heavy atom. The molecule has 1 aromatic carbocycles. The third-order valence-electron chi connectivity index (χ3n) is 5.01. The molecule has 1 atom stereocenters. The van der Waals surface area contributed by atoms with Gasteiger partial charge in [-0.3, -0.25) is 0 Å². The predicted molar refractivity (Wildman–Crippen MR) is 72.1 cm³/mol. The molecule has 0 bridgehead atoms. The van der Waals surface area contributed by atoms with Crippen LogP contribution in [0.4, 0.5) is 0 Å². The van der Waals surface area contributed by atoms with Crippen LogP contribution in [0.2, 0.25) is 0 Å². The highest BCUT2D eigenvalue weighted by Gasteiger charge is 2.39. The van der Waals surface area contributed by atoms with Gasteiger partial charge in [-0.2, -0.15) is 0 Å². The molecule has 1 saturated carbocycles. The van der Waals surface area contributed by atoms with Gasteiger partial charge in [-0.15, -0.1) is 0 Å². The van der Waals surface area contributed by atoms with Crippen LogP contribution in [0.5, 0.6) is 0 Å². The molecule has 2 aliphatic carbocycles. The maximum absolute atomic E-state index is 6.16. The van der Waals surface area contributed by atoms with Gasteiger partial charge in [-0.05, 0) is 36.3 Å². The van der Waals surface area contributed by atoms with Crippen molar-refractivity contribution in [3.8, 4) is 0 Å². The molecular weight excluding hydrogens is 206 g/mol. The van der Waals surface area contributed by atoms with Gasteiger partial charge in [0.05, 0.1) is 0 Å². The van der Waals surface area contributed by atoms with E-state index < -0.39 is 0 Å². The van der Waals surface area contributed by atoms with Gasteiger partial charge in [-0.1, -0.05) is 49.9 Å².